The van der Waals surface area contributed by atoms with E-state index in [2.05, 4.69) is 36.5 Å². The summed E-state index contributed by atoms with van der Waals surface area (Å²) in [4.78, 5) is 12.8. The van der Waals surface area contributed by atoms with Crippen LogP contribution in [0.15, 0.2) is 24.3 Å². The maximum absolute atomic E-state index is 12.8. The highest BCUT2D eigenvalue weighted by Gasteiger charge is 2.60. The molecule has 1 aromatic rings. The van der Waals surface area contributed by atoms with E-state index in [-0.39, 0.29) is 22.8 Å². The Hall–Kier alpha value is -1.35. The van der Waals surface area contributed by atoms with Crippen molar-refractivity contribution in [1.29, 1.82) is 0 Å². The Kier molecular flexibility index (Phi) is 3.12. The van der Waals surface area contributed by atoms with Gasteiger partial charge in [-0.15, -0.1) is 0 Å². The molecular weight excluding hydrogens is 272 g/mol. The molecule has 118 valence electrons. The Morgan fingerprint density at radius 3 is 2.91 bits per heavy atom. The van der Waals surface area contributed by atoms with Crippen molar-refractivity contribution in [3.8, 4) is 0 Å². The summed E-state index contributed by atoms with van der Waals surface area (Å²) in [5.41, 5.74) is 8.76. The van der Waals surface area contributed by atoms with E-state index in [0.29, 0.717) is 12.5 Å². The molecule has 1 amide bonds. The van der Waals surface area contributed by atoms with E-state index in [4.69, 9.17) is 5.73 Å². The number of benzene rings is 1. The van der Waals surface area contributed by atoms with Crippen LogP contribution in [0, 0.1) is 11.8 Å². The molecule has 3 aliphatic rings. The van der Waals surface area contributed by atoms with Gasteiger partial charge in [0.1, 0.15) is 0 Å². The van der Waals surface area contributed by atoms with Crippen LogP contribution in [0.2, 0.25) is 0 Å². The molecule has 3 nitrogen and oxygen atoms in total. The molecule has 1 spiro atoms. The van der Waals surface area contributed by atoms with Crippen LogP contribution in [0.25, 0.3) is 0 Å². The Morgan fingerprint density at radius 2 is 2.18 bits per heavy atom. The molecule has 3 unspecified atom stereocenters. The van der Waals surface area contributed by atoms with Crippen molar-refractivity contribution < 1.29 is 4.79 Å². The standard InChI is InChI=1S/C19H26N2O/c1-18(12-20,14-8-9-14)21-17(22)16-11-19(16)10-4-6-13-5-2-3-7-15(13)19/h2-3,5,7,14,16H,4,6,8-12,20H2,1H3,(H,21,22). The Morgan fingerprint density at radius 1 is 1.41 bits per heavy atom. The lowest BCUT2D eigenvalue weighted by molar-refractivity contribution is -0.124. The lowest BCUT2D eigenvalue weighted by Crippen LogP contribution is -2.54. The van der Waals surface area contributed by atoms with Gasteiger partial charge in [0.15, 0.2) is 0 Å². The Balaban J connectivity index is 1.53. The molecule has 3 aliphatic carbocycles. The summed E-state index contributed by atoms with van der Waals surface area (Å²) in [5.74, 6) is 0.963. The van der Waals surface area contributed by atoms with E-state index < -0.39 is 0 Å². The van der Waals surface area contributed by atoms with Crippen LogP contribution in [-0.2, 0) is 16.6 Å². The third kappa shape index (κ3) is 2.10. The second kappa shape index (κ2) is 4.82. The number of nitrogens with one attached hydrogen (secondary N) is 1. The van der Waals surface area contributed by atoms with Crippen molar-refractivity contribution in [1.82, 2.24) is 5.32 Å². The number of hydrogen-bond donors (Lipinski definition) is 2. The predicted molar refractivity (Wildman–Crippen MR) is 87.5 cm³/mol. The number of hydrogen-bond acceptors (Lipinski definition) is 2. The normalized spacial score (nSPS) is 32.2. The molecule has 0 saturated heterocycles. The largest absolute Gasteiger partial charge is 0.349 e. The molecule has 3 N–H and O–H groups in total. The van der Waals surface area contributed by atoms with Crippen molar-refractivity contribution in [2.45, 2.75) is 56.4 Å². The number of carbonyl (C=O) groups is 1. The molecule has 1 aromatic carbocycles. The van der Waals surface area contributed by atoms with Crippen LogP contribution < -0.4 is 11.1 Å². The van der Waals surface area contributed by atoms with Crippen LogP contribution in [0.4, 0.5) is 0 Å². The fourth-order valence-corrected chi connectivity index (χ4v) is 4.58. The van der Waals surface area contributed by atoms with Gasteiger partial charge in [0.05, 0.1) is 5.54 Å². The average Bonchev–Trinajstić information content (AvgIpc) is 3.42. The van der Waals surface area contributed by atoms with E-state index in [0.717, 1.165) is 19.3 Å². The van der Waals surface area contributed by atoms with E-state index in [9.17, 15) is 4.79 Å². The summed E-state index contributed by atoms with van der Waals surface area (Å²) in [7, 11) is 0. The number of amides is 1. The van der Waals surface area contributed by atoms with Crippen LogP contribution >= 0.6 is 0 Å². The lowest BCUT2D eigenvalue weighted by atomic mass is 9.78. The first kappa shape index (κ1) is 14.3. The molecule has 2 saturated carbocycles. The van der Waals surface area contributed by atoms with Gasteiger partial charge in [-0.25, -0.2) is 0 Å². The zero-order chi connectivity index (χ0) is 15.4. The quantitative estimate of drug-likeness (QED) is 0.897. The molecule has 0 bridgehead atoms. The van der Waals surface area contributed by atoms with Crippen molar-refractivity contribution in [2.75, 3.05) is 6.54 Å². The smallest absolute Gasteiger partial charge is 0.224 e. The van der Waals surface area contributed by atoms with Crippen LogP contribution in [-0.4, -0.2) is 18.0 Å². The van der Waals surface area contributed by atoms with Gasteiger partial charge in [-0.3, -0.25) is 4.79 Å². The van der Waals surface area contributed by atoms with Crippen molar-refractivity contribution in [2.24, 2.45) is 17.6 Å². The first-order valence-electron chi connectivity index (χ1n) is 8.69. The second-order valence-electron chi connectivity index (χ2n) is 7.81. The van der Waals surface area contributed by atoms with E-state index in [1.807, 2.05) is 0 Å². The number of aryl methyl sites for hydroxylation is 1. The molecule has 0 aromatic heterocycles. The first-order chi connectivity index (χ1) is 10.6. The fraction of sp³-hybridized carbons (Fsp3) is 0.632. The number of fused-ring (bicyclic) bond motifs is 2. The van der Waals surface area contributed by atoms with Gasteiger partial charge in [-0.1, -0.05) is 24.3 Å². The topological polar surface area (TPSA) is 55.1 Å². The molecule has 3 atom stereocenters. The van der Waals surface area contributed by atoms with Gasteiger partial charge in [-0.2, -0.15) is 0 Å². The summed E-state index contributed by atoms with van der Waals surface area (Å²) < 4.78 is 0. The van der Waals surface area contributed by atoms with E-state index in [1.54, 1.807) is 0 Å². The van der Waals surface area contributed by atoms with E-state index in [1.165, 1.54) is 30.4 Å². The number of nitrogens with two attached hydrogens (primary N) is 1. The molecule has 2 fully saturated rings. The van der Waals surface area contributed by atoms with Gasteiger partial charge in [0.2, 0.25) is 5.91 Å². The first-order valence-corrected chi connectivity index (χ1v) is 8.69. The van der Waals surface area contributed by atoms with E-state index >= 15 is 0 Å². The van der Waals surface area contributed by atoms with Crippen LogP contribution in [0.5, 0.6) is 0 Å². The number of rotatable bonds is 4. The monoisotopic (exact) mass is 298 g/mol. The highest BCUT2D eigenvalue weighted by Crippen LogP contribution is 2.60. The second-order valence-corrected chi connectivity index (χ2v) is 7.81. The van der Waals surface area contributed by atoms with Crippen molar-refractivity contribution >= 4 is 5.91 Å². The highest BCUT2D eigenvalue weighted by atomic mass is 16.2. The Bertz CT molecular complexity index is 609. The van der Waals surface area contributed by atoms with Gasteiger partial charge < -0.3 is 11.1 Å². The number of carbonyl (C=O) groups excluding carboxylic acids is 1. The SMILES string of the molecule is CC(CN)(NC(=O)C1CC12CCCc1ccccc12)C1CC1. The van der Waals surface area contributed by atoms with Crippen LogP contribution in [0.1, 0.15) is 50.2 Å². The lowest BCUT2D eigenvalue weighted by Gasteiger charge is -2.31. The summed E-state index contributed by atoms with van der Waals surface area (Å²) in [6, 6.07) is 8.71. The molecule has 22 heavy (non-hydrogen) atoms. The molecule has 3 heteroatoms. The Labute approximate surface area is 132 Å². The molecule has 0 aliphatic heterocycles. The minimum atomic E-state index is -0.199. The van der Waals surface area contributed by atoms with Gasteiger partial charge in [0, 0.05) is 17.9 Å². The maximum Gasteiger partial charge on any atom is 0.224 e. The highest BCUT2D eigenvalue weighted by molar-refractivity contribution is 5.85. The van der Waals surface area contributed by atoms with Crippen molar-refractivity contribution in [3.05, 3.63) is 35.4 Å². The third-order valence-electron chi connectivity index (χ3n) is 6.33. The third-order valence-corrected chi connectivity index (χ3v) is 6.33. The maximum atomic E-state index is 12.8. The fourth-order valence-electron chi connectivity index (χ4n) is 4.58. The van der Waals surface area contributed by atoms with Crippen molar-refractivity contribution in [3.63, 3.8) is 0 Å². The summed E-state index contributed by atoms with van der Waals surface area (Å²) in [6.45, 7) is 2.66. The molecule has 4 rings (SSSR count). The summed E-state index contributed by atoms with van der Waals surface area (Å²) in [5, 5.41) is 3.31. The zero-order valence-electron chi connectivity index (χ0n) is 13.4. The summed E-state index contributed by atoms with van der Waals surface area (Å²) >= 11 is 0. The zero-order valence-corrected chi connectivity index (χ0v) is 13.4. The summed E-state index contributed by atoms with van der Waals surface area (Å²) in [6.07, 6.45) is 6.94. The van der Waals surface area contributed by atoms with Gasteiger partial charge in [0.25, 0.3) is 0 Å². The minimum absolute atomic E-state index is 0.123. The molecular formula is C19H26N2O. The molecule has 0 radical (unpaired) electrons. The van der Waals surface area contributed by atoms with Gasteiger partial charge >= 0.3 is 0 Å². The molecule has 0 heterocycles. The van der Waals surface area contributed by atoms with Crippen LogP contribution in [0.3, 0.4) is 0 Å². The van der Waals surface area contributed by atoms with Gasteiger partial charge in [-0.05, 0) is 62.5 Å². The predicted octanol–water partition coefficient (Wildman–Crippen LogP) is 2.52. The average molecular weight is 298 g/mol. The minimum Gasteiger partial charge on any atom is -0.349 e.